The summed E-state index contributed by atoms with van der Waals surface area (Å²) < 4.78 is 1.09. The van der Waals surface area contributed by atoms with Crippen molar-refractivity contribution in [3.8, 4) is 0 Å². The van der Waals surface area contributed by atoms with Crippen LogP contribution in [0.3, 0.4) is 0 Å². The third-order valence-electron chi connectivity index (χ3n) is 7.45. The van der Waals surface area contributed by atoms with E-state index in [0.717, 1.165) is 78.4 Å². The van der Waals surface area contributed by atoms with E-state index in [2.05, 4.69) is 67.8 Å². The number of fused-ring (bicyclic) bond motifs is 3. The molecule has 0 bridgehead atoms. The summed E-state index contributed by atoms with van der Waals surface area (Å²) in [7, 11) is 0. The van der Waals surface area contributed by atoms with Gasteiger partial charge in [-0.3, -0.25) is 4.79 Å². The Morgan fingerprint density at radius 1 is 0.943 bits per heavy atom. The molecule has 2 fully saturated rings. The largest absolute Gasteiger partial charge is 0.368 e. The van der Waals surface area contributed by atoms with Crippen molar-refractivity contribution in [2.75, 3.05) is 49.1 Å². The predicted octanol–water partition coefficient (Wildman–Crippen LogP) is 4.42. The van der Waals surface area contributed by atoms with E-state index in [1.807, 2.05) is 12.3 Å². The second kappa shape index (κ2) is 9.07. The third-order valence-corrected chi connectivity index (χ3v) is 8.55. The molecule has 3 aromatic heterocycles. The van der Waals surface area contributed by atoms with Gasteiger partial charge in [0.1, 0.15) is 17.0 Å². The number of pyridine rings is 1. The normalized spacial score (nSPS) is 17.5. The Morgan fingerprint density at radius 2 is 1.74 bits per heavy atom. The van der Waals surface area contributed by atoms with Crippen LogP contribution < -0.4 is 9.80 Å². The van der Waals surface area contributed by atoms with Gasteiger partial charge in [-0.1, -0.05) is 12.1 Å². The number of carbonyl (C=O) groups excluding carboxylic acids is 1. The molecule has 180 valence electrons. The number of carbonyl (C=O) groups is 1. The van der Waals surface area contributed by atoms with Gasteiger partial charge in [-0.15, -0.1) is 11.3 Å². The summed E-state index contributed by atoms with van der Waals surface area (Å²) in [6.07, 6.45) is 5.21. The monoisotopic (exact) mass is 486 g/mol. The quantitative estimate of drug-likeness (QED) is 0.427. The van der Waals surface area contributed by atoms with Gasteiger partial charge in [0, 0.05) is 62.5 Å². The highest BCUT2D eigenvalue weighted by atomic mass is 32.1. The molecule has 0 N–H and O–H groups in total. The van der Waals surface area contributed by atoms with Gasteiger partial charge in [0.25, 0.3) is 0 Å². The van der Waals surface area contributed by atoms with E-state index in [1.54, 1.807) is 17.7 Å². The van der Waals surface area contributed by atoms with Crippen molar-refractivity contribution < 1.29 is 4.79 Å². The molecule has 2 aliphatic rings. The fourth-order valence-corrected chi connectivity index (χ4v) is 6.56. The fraction of sp³-hybridized carbons (Fsp3) is 0.407. The van der Waals surface area contributed by atoms with Crippen LogP contribution >= 0.6 is 11.3 Å². The number of benzene rings is 1. The van der Waals surface area contributed by atoms with Crippen LogP contribution in [0.4, 0.5) is 11.5 Å². The van der Waals surface area contributed by atoms with Crippen LogP contribution in [0.2, 0.25) is 0 Å². The minimum Gasteiger partial charge on any atom is -0.368 e. The summed E-state index contributed by atoms with van der Waals surface area (Å²) in [5, 5.41) is 1.08. The molecule has 1 amide bonds. The number of aromatic nitrogens is 3. The van der Waals surface area contributed by atoms with E-state index in [4.69, 9.17) is 0 Å². The number of aryl methyl sites for hydroxylation is 2. The number of piperazine rings is 1. The zero-order valence-corrected chi connectivity index (χ0v) is 21.1. The van der Waals surface area contributed by atoms with E-state index in [0.29, 0.717) is 5.91 Å². The van der Waals surface area contributed by atoms with E-state index in [1.165, 1.54) is 16.8 Å². The number of hydrogen-bond acceptors (Lipinski definition) is 7. The van der Waals surface area contributed by atoms with Crippen LogP contribution in [-0.2, 0) is 4.79 Å². The summed E-state index contributed by atoms with van der Waals surface area (Å²) in [5.74, 6) is 1.40. The molecule has 0 saturated carbocycles. The summed E-state index contributed by atoms with van der Waals surface area (Å²) in [5.41, 5.74) is 4.86. The number of rotatable bonds is 3. The average molecular weight is 487 g/mol. The van der Waals surface area contributed by atoms with Crippen molar-refractivity contribution in [3.63, 3.8) is 0 Å². The number of anilines is 2. The first-order valence-corrected chi connectivity index (χ1v) is 13.2. The van der Waals surface area contributed by atoms with Crippen molar-refractivity contribution in [1.82, 2.24) is 19.9 Å². The molecule has 0 spiro atoms. The molecule has 0 aliphatic carbocycles. The highest BCUT2D eigenvalue weighted by Crippen LogP contribution is 2.37. The number of amides is 1. The van der Waals surface area contributed by atoms with Crippen LogP contribution in [0, 0.1) is 19.8 Å². The SMILES string of the molecule is Cc1ccc(C)c(N2CCN(C(=O)C3CCN(c4ncnc5c4sc4ncccc45)CC3)CC2)c1. The minimum atomic E-state index is 0.0971. The summed E-state index contributed by atoms with van der Waals surface area (Å²) in [6.45, 7) is 9.38. The molecule has 4 aromatic rings. The highest BCUT2D eigenvalue weighted by molar-refractivity contribution is 7.25. The van der Waals surface area contributed by atoms with E-state index in [-0.39, 0.29) is 5.92 Å². The van der Waals surface area contributed by atoms with Gasteiger partial charge in [0.2, 0.25) is 5.91 Å². The molecule has 7 nitrogen and oxygen atoms in total. The van der Waals surface area contributed by atoms with Crippen LogP contribution in [-0.4, -0.2) is 65.0 Å². The lowest BCUT2D eigenvalue weighted by Crippen LogP contribution is -2.52. The molecule has 0 radical (unpaired) electrons. The minimum absolute atomic E-state index is 0.0971. The van der Waals surface area contributed by atoms with Crippen molar-refractivity contribution in [1.29, 1.82) is 0 Å². The van der Waals surface area contributed by atoms with E-state index < -0.39 is 0 Å². The van der Waals surface area contributed by atoms with Gasteiger partial charge in [0.15, 0.2) is 0 Å². The lowest BCUT2D eigenvalue weighted by molar-refractivity contribution is -0.136. The van der Waals surface area contributed by atoms with E-state index in [9.17, 15) is 4.79 Å². The topological polar surface area (TPSA) is 65.5 Å². The van der Waals surface area contributed by atoms with Crippen molar-refractivity contribution in [3.05, 3.63) is 54.0 Å². The Bertz CT molecular complexity index is 1390. The Morgan fingerprint density at radius 3 is 2.54 bits per heavy atom. The summed E-state index contributed by atoms with van der Waals surface area (Å²) in [4.78, 5) is 34.8. The number of piperidine rings is 1. The molecule has 8 heteroatoms. The van der Waals surface area contributed by atoms with Gasteiger partial charge in [-0.25, -0.2) is 15.0 Å². The number of nitrogens with zero attached hydrogens (tertiary/aromatic N) is 6. The average Bonchev–Trinajstić information content (AvgIpc) is 3.29. The van der Waals surface area contributed by atoms with Crippen molar-refractivity contribution in [2.24, 2.45) is 5.92 Å². The van der Waals surface area contributed by atoms with Crippen molar-refractivity contribution in [2.45, 2.75) is 26.7 Å². The maximum Gasteiger partial charge on any atom is 0.225 e. The molecular weight excluding hydrogens is 456 g/mol. The summed E-state index contributed by atoms with van der Waals surface area (Å²) >= 11 is 1.65. The molecule has 35 heavy (non-hydrogen) atoms. The molecule has 1 aromatic carbocycles. The maximum atomic E-state index is 13.3. The van der Waals surface area contributed by atoms with Crippen LogP contribution in [0.25, 0.3) is 20.4 Å². The molecule has 0 unspecified atom stereocenters. The first kappa shape index (κ1) is 22.2. The first-order valence-electron chi connectivity index (χ1n) is 12.4. The smallest absolute Gasteiger partial charge is 0.225 e. The summed E-state index contributed by atoms with van der Waals surface area (Å²) in [6, 6.07) is 10.6. The van der Waals surface area contributed by atoms with Gasteiger partial charge in [0.05, 0.1) is 10.2 Å². The van der Waals surface area contributed by atoms with E-state index >= 15 is 0 Å². The predicted molar refractivity (Wildman–Crippen MR) is 142 cm³/mol. The van der Waals surface area contributed by atoms with Crippen LogP contribution in [0.5, 0.6) is 0 Å². The van der Waals surface area contributed by atoms with Gasteiger partial charge >= 0.3 is 0 Å². The Hall–Kier alpha value is -3.26. The van der Waals surface area contributed by atoms with Gasteiger partial charge < -0.3 is 14.7 Å². The van der Waals surface area contributed by atoms with Crippen molar-refractivity contribution >= 4 is 49.2 Å². The van der Waals surface area contributed by atoms with Crippen LogP contribution in [0.1, 0.15) is 24.0 Å². The lowest BCUT2D eigenvalue weighted by atomic mass is 9.95. The molecular formula is C27H30N6OS. The molecule has 5 heterocycles. The molecule has 2 aliphatic heterocycles. The molecule has 6 rings (SSSR count). The van der Waals surface area contributed by atoms with Gasteiger partial charge in [-0.05, 0) is 56.0 Å². The number of thiophene rings is 1. The zero-order chi connectivity index (χ0) is 23.9. The van der Waals surface area contributed by atoms with Crippen LogP contribution in [0.15, 0.2) is 42.9 Å². The second-order valence-electron chi connectivity index (χ2n) is 9.70. The fourth-order valence-electron chi connectivity index (χ4n) is 5.45. The number of hydrogen-bond donors (Lipinski definition) is 0. The lowest BCUT2D eigenvalue weighted by Gasteiger charge is -2.40. The first-order chi connectivity index (χ1) is 17.1. The van der Waals surface area contributed by atoms with Gasteiger partial charge in [-0.2, -0.15) is 0 Å². The molecule has 2 saturated heterocycles. The standard InChI is InChI=1S/C27H30N6OS/c1-18-5-6-19(2)22(16-18)31-12-14-33(15-13-31)27(34)20-7-10-32(11-8-20)25-24-23(29-17-30-25)21-4-3-9-28-26(21)35-24/h3-6,9,16-17,20H,7-8,10-15H2,1-2H3. The second-order valence-corrected chi connectivity index (χ2v) is 10.7. The zero-order valence-electron chi connectivity index (χ0n) is 20.3. The third kappa shape index (κ3) is 4.10. The highest BCUT2D eigenvalue weighted by Gasteiger charge is 2.31. The Balaban J connectivity index is 1.10. The Kier molecular flexibility index (Phi) is 5.76. The Labute approximate surface area is 209 Å². The molecule has 0 atom stereocenters. The maximum absolute atomic E-state index is 13.3.